The van der Waals surface area contributed by atoms with E-state index < -0.39 is 0 Å². The molecule has 0 atom stereocenters. The summed E-state index contributed by atoms with van der Waals surface area (Å²) in [7, 11) is 0. The summed E-state index contributed by atoms with van der Waals surface area (Å²) in [4.78, 5) is 16.1. The third-order valence-corrected chi connectivity index (χ3v) is 4.92. The number of hydrazone groups is 1. The SMILES string of the molecule is CCCCc1cc(C2=NN3C(=O)CN=C3S2)c(OCC)cc1OCC. The lowest BCUT2D eigenvalue weighted by molar-refractivity contribution is -0.124. The molecule has 0 spiro atoms. The van der Waals surface area contributed by atoms with E-state index in [1.165, 1.54) is 16.8 Å². The molecule has 0 radical (unpaired) electrons. The largest absolute Gasteiger partial charge is 0.493 e. The Kier molecular flexibility index (Phi) is 5.63. The van der Waals surface area contributed by atoms with Gasteiger partial charge in [0.2, 0.25) is 0 Å². The number of thioether (sulfide) groups is 1. The molecule has 7 heteroatoms. The second kappa shape index (κ2) is 7.91. The number of hydrogen-bond acceptors (Lipinski definition) is 6. The first-order chi connectivity index (χ1) is 12.2. The van der Waals surface area contributed by atoms with Crippen LogP contribution in [0.15, 0.2) is 22.2 Å². The predicted molar refractivity (Wildman–Crippen MR) is 101 cm³/mol. The van der Waals surface area contributed by atoms with Crippen LogP contribution in [0.5, 0.6) is 11.5 Å². The number of unbranched alkanes of at least 4 members (excludes halogenated alkanes) is 1. The van der Waals surface area contributed by atoms with Gasteiger partial charge in [-0.25, -0.2) is 0 Å². The number of carbonyl (C=O) groups excluding carboxylic acids is 1. The van der Waals surface area contributed by atoms with Crippen LogP contribution < -0.4 is 9.47 Å². The Bertz CT molecular complexity index is 731. The van der Waals surface area contributed by atoms with Crippen molar-refractivity contribution in [2.45, 2.75) is 40.0 Å². The van der Waals surface area contributed by atoms with Crippen molar-refractivity contribution < 1.29 is 14.3 Å². The number of aliphatic imine (C=N–C) groups is 1. The van der Waals surface area contributed by atoms with E-state index in [2.05, 4.69) is 23.1 Å². The van der Waals surface area contributed by atoms with Gasteiger partial charge in [-0.1, -0.05) is 13.3 Å². The van der Waals surface area contributed by atoms with Crippen LogP contribution >= 0.6 is 11.8 Å². The summed E-state index contributed by atoms with van der Waals surface area (Å²) < 4.78 is 11.6. The van der Waals surface area contributed by atoms with Gasteiger partial charge < -0.3 is 9.47 Å². The summed E-state index contributed by atoms with van der Waals surface area (Å²) >= 11 is 1.41. The van der Waals surface area contributed by atoms with Gasteiger partial charge in [-0.3, -0.25) is 9.79 Å². The van der Waals surface area contributed by atoms with Crippen molar-refractivity contribution >= 4 is 27.9 Å². The Morgan fingerprint density at radius 3 is 2.60 bits per heavy atom. The van der Waals surface area contributed by atoms with E-state index in [-0.39, 0.29) is 12.5 Å². The third kappa shape index (κ3) is 3.66. The molecule has 0 bridgehead atoms. The number of amidine groups is 1. The summed E-state index contributed by atoms with van der Waals surface area (Å²) in [6.07, 6.45) is 3.14. The molecule has 0 unspecified atom stereocenters. The summed E-state index contributed by atoms with van der Waals surface area (Å²) in [6.45, 7) is 7.44. The van der Waals surface area contributed by atoms with Crippen LogP contribution in [0.1, 0.15) is 44.7 Å². The maximum atomic E-state index is 11.8. The van der Waals surface area contributed by atoms with Crippen molar-refractivity contribution in [1.82, 2.24) is 5.01 Å². The molecule has 6 nitrogen and oxygen atoms in total. The number of amides is 1. The van der Waals surface area contributed by atoms with Crippen molar-refractivity contribution in [3.63, 3.8) is 0 Å². The zero-order chi connectivity index (χ0) is 17.8. The average Bonchev–Trinajstić information content (AvgIpc) is 3.17. The Morgan fingerprint density at radius 1 is 1.16 bits per heavy atom. The fraction of sp³-hybridized carbons (Fsp3) is 0.500. The van der Waals surface area contributed by atoms with Crippen LogP contribution in [-0.4, -0.2) is 40.9 Å². The second-order valence-electron chi connectivity index (χ2n) is 5.74. The summed E-state index contributed by atoms with van der Waals surface area (Å²) in [5.41, 5.74) is 2.04. The van der Waals surface area contributed by atoms with E-state index >= 15 is 0 Å². The molecule has 134 valence electrons. The van der Waals surface area contributed by atoms with E-state index in [9.17, 15) is 4.79 Å². The molecule has 0 N–H and O–H groups in total. The Morgan fingerprint density at radius 2 is 1.92 bits per heavy atom. The Balaban J connectivity index is 2.00. The number of aryl methyl sites for hydroxylation is 1. The smallest absolute Gasteiger partial charge is 0.271 e. The lowest BCUT2D eigenvalue weighted by atomic mass is 10.0. The summed E-state index contributed by atoms with van der Waals surface area (Å²) in [5, 5.41) is 7.23. The zero-order valence-corrected chi connectivity index (χ0v) is 15.7. The minimum Gasteiger partial charge on any atom is -0.493 e. The molecule has 0 aliphatic carbocycles. The number of benzene rings is 1. The van der Waals surface area contributed by atoms with Gasteiger partial charge in [0.15, 0.2) is 5.17 Å². The molecule has 3 rings (SSSR count). The molecule has 0 saturated carbocycles. The average molecular weight is 361 g/mol. The van der Waals surface area contributed by atoms with E-state index in [0.717, 1.165) is 46.9 Å². The summed E-state index contributed by atoms with van der Waals surface area (Å²) in [6, 6.07) is 4.04. The highest BCUT2D eigenvalue weighted by atomic mass is 32.2. The van der Waals surface area contributed by atoms with E-state index in [0.29, 0.717) is 18.4 Å². The lowest BCUT2D eigenvalue weighted by Crippen LogP contribution is -2.21. The predicted octanol–water partition coefficient (Wildman–Crippen LogP) is 3.43. The monoisotopic (exact) mass is 361 g/mol. The van der Waals surface area contributed by atoms with Crippen molar-refractivity contribution in [2.24, 2.45) is 10.1 Å². The van der Waals surface area contributed by atoms with Gasteiger partial charge in [-0.15, -0.1) is 0 Å². The van der Waals surface area contributed by atoms with Crippen molar-refractivity contribution in [3.05, 3.63) is 23.3 Å². The first-order valence-electron chi connectivity index (χ1n) is 8.74. The number of fused-ring (bicyclic) bond motifs is 1. The van der Waals surface area contributed by atoms with Crippen LogP contribution in [0.3, 0.4) is 0 Å². The molecule has 1 amide bonds. The van der Waals surface area contributed by atoms with Crippen molar-refractivity contribution in [1.29, 1.82) is 0 Å². The van der Waals surface area contributed by atoms with Gasteiger partial charge in [-0.05, 0) is 50.1 Å². The topological polar surface area (TPSA) is 63.5 Å². The number of carbonyl (C=O) groups is 1. The highest BCUT2D eigenvalue weighted by Crippen LogP contribution is 2.37. The minimum atomic E-state index is -0.0902. The molecule has 0 fully saturated rings. The zero-order valence-electron chi connectivity index (χ0n) is 14.9. The van der Waals surface area contributed by atoms with Gasteiger partial charge in [-0.2, -0.15) is 10.1 Å². The Hall–Kier alpha value is -2.02. The highest BCUT2D eigenvalue weighted by Gasteiger charge is 2.34. The highest BCUT2D eigenvalue weighted by molar-refractivity contribution is 8.27. The summed E-state index contributed by atoms with van der Waals surface area (Å²) in [5.74, 6) is 1.50. The van der Waals surface area contributed by atoms with Gasteiger partial charge in [0.1, 0.15) is 23.1 Å². The Labute approximate surface area is 152 Å². The quantitative estimate of drug-likeness (QED) is 0.712. The van der Waals surface area contributed by atoms with E-state index in [1.807, 2.05) is 19.9 Å². The maximum Gasteiger partial charge on any atom is 0.271 e. The van der Waals surface area contributed by atoms with Crippen LogP contribution in [0.4, 0.5) is 0 Å². The molecule has 0 saturated heterocycles. The van der Waals surface area contributed by atoms with Crippen LogP contribution in [0.25, 0.3) is 0 Å². The molecule has 25 heavy (non-hydrogen) atoms. The maximum absolute atomic E-state index is 11.8. The molecule has 2 aliphatic rings. The fourth-order valence-electron chi connectivity index (χ4n) is 2.76. The van der Waals surface area contributed by atoms with Crippen LogP contribution in [0.2, 0.25) is 0 Å². The first kappa shape index (κ1) is 17.8. The van der Waals surface area contributed by atoms with E-state index in [4.69, 9.17) is 9.47 Å². The van der Waals surface area contributed by atoms with Crippen molar-refractivity contribution in [2.75, 3.05) is 19.8 Å². The van der Waals surface area contributed by atoms with E-state index in [1.54, 1.807) is 0 Å². The molecule has 1 aromatic carbocycles. The molecule has 0 aromatic heterocycles. The molecule has 2 aliphatic heterocycles. The third-order valence-electron chi connectivity index (χ3n) is 3.94. The molecular weight excluding hydrogens is 338 g/mol. The standard InChI is InChI=1S/C18H23N3O3S/c1-4-7-8-12-9-13(15(24-6-3)10-14(12)23-5-2)17-20-21-16(22)11-19-18(21)25-17/h9-10H,4-8,11H2,1-3H3. The van der Waals surface area contributed by atoms with Gasteiger partial charge in [0.25, 0.3) is 5.91 Å². The molecule has 2 heterocycles. The van der Waals surface area contributed by atoms with Crippen LogP contribution in [-0.2, 0) is 11.2 Å². The van der Waals surface area contributed by atoms with Crippen molar-refractivity contribution in [3.8, 4) is 11.5 Å². The van der Waals surface area contributed by atoms with Gasteiger partial charge >= 0.3 is 0 Å². The molecule has 1 aromatic rings. The normalized spacial score (nSPS) is 16.0. The lowest BCUT2D eigenvalue weighted by Gasteiger charge is -2.16. The van der Waals surface area contributed by atoms with Gasteiger partial charge in [0.05, 0.1) is 18.8 Å². The van der Waals surface area contributed by atoms with Gasteiger partial charge in [0, 0.05) is 6.07 Å². The number of ether oxygens (including phenoxy) is 2. The number of rotatable bonds is 8. The number of nitrogens with zero attached hydrogens (tertiary/aromatic N) is 3. The second-order valence-corrected chi connectivity index (χ2v) is 6.69. The fourth-order valence-corrected chi connectivity index (χ4v) is 3.68. The first-order valence-corrected chi connectivity index (χ1v) is 9.56. The number of hydrogen-bond donors (Lipinski definition) is 0. The van der Waals surface area contributed by atoms with Crippen LogP contribution in [0, 0.1) is 0 Å². The minimum absolute atomic E-state index is 0.0902. The molecular formula is C18H23N3O3S.